The van der Waals surface area contributed by atoms with Crippen LogP contribution in [-0.2, 0) is 23.0 Å². The summed E-state index contributed by atoms with van der Waals surface area (Å²) >= 11 is 0. The van der Waals surface area contributed by atoms with Crippen LogP contribution in [0.4, 0.5) is 0 Å². The van der Waals surface area contributed by atoms with E-state index in [2.05, 4.69) is 5.10 Å². The molecule has 0 saturated heterocycles. The molecule has 0 fully saturated rings. The van der Waals surface area contributed by atoms with E-state index in [9.17, 15) is 4.79 Å². The summed E-state index contributed by atoms with van der Waals surface area (Å²) in [6, 6.07) is 7.96. The highest BCUT2D eigenvalue weighted by atomic mass is 16.5. The lowest BCUT2D eigenvalue weighted by Gasteiger charge is -2.07. The van der Waals surface area contributed by atoms with Gasteiger partial charge in [0.2, 0.25) is 0 Å². The van der Waals surface area contributed by atoms with Gasteiger partial charge in [-0.25, -0.2) is 0 Å². The molecular weight excluding hydrogens is 228 g/mol. The number of methoxy groups -OCH3 is 1. The van der Waals surface area contributed by atoms with Crippen LogP contribution in [-0.4, -0.2) is 28.8 Å². The van der Waals surface area contributed by atoms with E-state index >= 15 is 0 Å². The van der Waals surface area contributed by atoms with Crippen molar-refractivity contribution in [2.75, 3.05) is 7.11 Å². The average Bonchev–Trinajstić information content (AvgIpc) is 2.67. The quantitative estimate of drug-likeness (QED) is 0.811. The highest BCUT2D eigenvalue weighted by Crippen LogP contribution is 2.18. The number of carbonyl (C=O) groups is 1. The van der Waals surface area contributed by atoms with Crippen molar-refractivity contribution in [1.29, 1.82) is 0 Å². The predicted octanol–water partition coefficient (Wildman–Crippen LogP) is 2.11. The van der Waals surface area contributed by atoms with E-state index in [1.54, 1.807) is 7.11 Å². The fourth-order valence-electron chi connectivity index (χ4n) is 2.08. The Bertz CT molecular complexity index is 560. The molecule has 2 aromatic rings. The number of hydrogen-bond donors (Lipinski definition) is 0. The molecule has 0 N–H and O–H groups in total. The molecule has 0 saturated carbocycles. The number of ether oxygens (including phenoxy) is 1. The van der Waals surface area contributed by atoms with Gasteiger partial charge in [0, 0.05) is 26.0 Å². The number of para-hydroxylation sites is 1. The van der Waals surface area contributed by atoms with E-state index < -0.39 is 0 Å². The second-order valence-electron chi connectivity index (χ2n) is 4.55. The lowest BCUT2D eigenvalue weighted by atomic mass is 10.1. The summed E-state index contributed by atoms with van der Waals surface area (Å²) < 4.78 is 6.92. The summed E-state index contributed by atoms with van der Waals surface area (Å²) in [5.41, 5.74) is 1.90. The first-order chi connectivity index (χ1) is 8.61. The molecule has 1 aromatic heterocycles. The lowest BCUT2D eigenvalue weighted by Crippen LogP contribution is -2.14. The number of carbonyl (C=O) groups excluding carboxylic acids is 1. The maximum absolute atomic E-state index is 11.9. The molecule has 2 rings (SSSR count). The minimum atomic E-state index is -0.0347. The van der Waals surface area contributed by atoms with Crippen LogP contribution in [0.25, 0.3) is 10.9 Å². The van der Waals surface area contributed by atoms with Gasteiger partial charge in [-0.05, 0) is 13.0 Å². The van der Waals surface area contributed by atoms with Crippen LogP contribution in [0.2, 0.25) is 0 Å². The van der Waals surface area contributed by atoms with Gasteiger partial charge in [-0.3, -0.25) is 9.48 Å². The van der Waals surface area contributed by atoms with Crippen molar-refractivity contribution in [1.82, 2.24) is 9.78 Å². The highest BCUT2D eigenvalue weighted by Gasteiger charge is 2.14. The summed E-state index contributed by atoms with van der Waals surface area (Å²) in [6.07, 6.45) is 0.767. The Balaban J connectivity index is 2.19. The SMILES string of the molecule is COC(C)CC(=O)Cc1nn(C)c2ccccc12. The van der Waals surface area contributed by atoms with Crippen molar-refractivity contribution in [2.24, 2.45) is 7.05 Å². The molecule has 4 nitrogen and oxygen atoms in total. The van der Waals surface area contributed by atoms with Crippen LogP contribution >= 0.6 is 0 Å². The smallest absolute Gasteiger partial charge is 0.141 e. The molecule has 0 radical (unpaired) electrons. The number of hydrogen-bond acceptors (Lipinski definition) is 3. The van der Waals surface area contributed by atoms with Gasteiger partial charge < -0.3 is 4.74 Å². The van der Waals surface area contributed by atoms with Gasteiger partial charge in [0.05, 0.1) is 23.7 Å². The molecule has 1 unspecified atom stereocenters. The molecule has 96 valence electrons. The Labute approximate surface area is 107 Å². The molecule has 0 aliphatic heterocycles. The largest absolute Gasteiger partial charge is 0.381 e. The highest BCUT2D eigenvalue weighted by molar-refractivity contribution is 5.88. The third kappa shape index (κ3) is 2.59. The van der Waals surface area contributed by atoms with Crippen LogP contribution in [0.1, 0.15) is 19.0 Å². The van der Waals surface area contributed by atoms with Crippen molar-refractivity contribution in [2.45, 2.75) is 25.9 Å². The van der Waals surface area contributed by atoms with E-state index in [-0.39, 0.29) is 11.9 Å². The molecule has 1 atom stereocenters. The van der Waals surface area contributed by atoms with Crippen LogP contribution in [0, 0.1) is 0 Å². The Morgan fingerprint density at radius 2 is 2.17 bits per heavy atom. The maximum atomic E-state index is 11.9. The van der Waals surface area contributed by atoms with Crippen molar-refractivity contribution < 1.29 is 9.53 Å². The molecule has 0 aliphatic rings. The Hall–Kier alpha value is -1.68. The van der Waals surface area contributed by atoms with Crippen LogP contribution < -0.4 is 0 Å². The summed E-state index contributed by atoms with van der Waals surface area (Å²) in [4.78, 5) is 11.9. The molecule has 0 bridgehead atoms. The number of fused-ring (bicyclic) bond motifs is 1. The van der Waals surface area contributed by atoms with E-state index in [0.717, 1.165) is 16.6 Å². The standard InChI is InChI=1S/C14H18N2O2/c1-10(18-3)8-11(17)9-13-12-6-4-5-7-14(12)16(2)15-13/h4-7,10H,8-9H2,1-3H3. The van der Waals surface area contributed by atoms with Crippen molar-refractivity contribution in [3.8, 4) is 0 Å². The van der Waals surface area contributed by atoms with E-state index in [1.165, 1.54) is 0 Å². The topological polar surface area (TPSA) is 44.1 Å². The van der Waals surface area contributed by atoms with Gasteiger partial charge in [0.15, 0.2) is 0 Å². The number of rotatable bonds is 5. The second-order valence-corrected chi connectivity index (χ2v) is 4.55. The summed E-state index contributed by atoms with van der Waals surface area (Å²) in [7, 11) is 3.52. The first kappa shape index (κ1) is 12.8. The third-order valence-corrected chi connectivity index (χ3v) is 3.12. The van der Waals surface area contributed by atoms with Gasteiger partial charge in [0.1, 0.15) is 5.78 Å². The summed E-state index contributed by atoms with van der Waals surface area (Å²) in [5.74, 6) is 0.160. The minimum absolute atomic E-state index is 0.0347. The maximum Gasteiger partial charge on any atom is 0.141 e. The minimum Gasteiger partial charge on any atom is -0.381 e. The summed E-state index contributed by atoms with van der Waals surface area (Å²) in [5, 5.41) is 5.47. The molecule has 0 amide bonds. The van der Waals surface area contributed by atoms with E-state index in [1.807, 2.05) is 42.9 Å². The van der Waals surface area contributed by atoms with E-state index in [4.69, 9.17) is 4.74 Å². The van der Waals surface area contributed by atoms with Crippen LogP contribution in [0.3, 0.4) is 0 Å². The molecule has 1 heterocycles. The number of benzene rings is 1. The van der Waals surface area contributed by atoms with E-state index in [0.29, 0.717) is 12.8 Å². The van der Waals surface area contributed by atoms with Gasteiger partial charge >= 0.3 is 0 Å². The monoisotopic (exact) mass is 246 g/mol. The molecule has 4 heteroatoms. The second kappa shape index (κ2) is 5.31. The third-order valence-electron chi connectivity index (χ3n) is 3.12. The fraction of sp³-hybridized carbons (Fsp3) is 0.429. The zero-order valence-corrected chi connectivity index (χ0v) is 11.0. The normalized spacial score (nSPS) is 12.8. The Kier molecular flexibility index (Phi) is 3.77. The number of aryl methyl sites for hydroxylation is 1. The Morgan fingerprint density at radius 1 is 1.44 bits per heavy atom. The lowest BCUT2D eigenvalue weighted by molar-refractivity contribution is -0.120. The summed E-state index contributed by atoms with van der Waals surface area (Å²) in [6.45, 7) is 1.90. The number of nitrogens with zero attached hydrogens (tertiary/aromatic N) is 2. The van der Waals surface area contributed by atoms with Gasteiger partial charge in [-0.1, -0.05) is 18.2 Å². The Morgan fingerprint density at radius 3 is 2.89 bits per heavy atom. The van der Waals surface area contributed by atoms with Crippen molar-refractivity contribution >= 4 is 16.7 Å². The molecule has 18 heavy (non-hydrogen) atoms. The zero-order valence-electron chi connectivity index (χ0n) is 11.0. The average molecular weight is 246 g/mol. The predicted molar refractivity (Wildman–Crippen MR) is 70.5 cm³/mol. The number of aromatic nitrogens is 2. The molecular formula is C14H18N2O2. The fourth-order valence-corrected chi connectivity index (χ4v) is 2.08. The zero-order chi connectivity index (χ0) is 13.1. The van der Waals surface area contributed by atoms with Gasteiger partial charge in [0.25, 0.3) is 0 Å². The first-order valence-electron chi connectivity index (χ1n) is 6.07. The first-order valence-corrected chi connectivity index (χ1v) is 6.07. The number of Topliss-reactive ketones (excluding diaryl/α,β-unsaturated/α-hetero) is 1. The molecule has 1 aromatic carbocycles. The molecule has 0 spiro atoms. The van der Waals surface area contributed by atoms with Crippen LogP contribution in [0.5, 0.6) is 0 Å². The molecule has 0 aliphatic carbocycles. The number of ketones is 1. The van der Waals surface area contributed by atoms with Gasteiger partial charge in [-0.2, -0.15) is 5.10 Å². The van der Waals surface area contributed by atoms with Crippen molar-refractivity contribution in [3.05, 3.63) is 30.0 Å². The van der Waals surface area contributed by atoms with Crippen LogP contribution in [0.15, 0.2) is 24.3 Å². The van der Waals surface area contributed by atoms with Gasteiger partial charge in [-0.15, -0.1) is 0 Å². The van der Waals surface area contributed by atoms with Crippen molar-refractivity contribution in [3.63, 3.8) is 0 Å².